The molecule has 1 saturated heterocycles. The molecule has 4 nitrogen and oxygen atoms in total. The molecular formula is C19H25N3O. The highest BCUT2D eigenvalue weighted by atomic mass is 16.2. The van der Waals surface area contributed by atoms with Crippen LogP contribution in [0.1, 0.15) is 56.6 Å². The lowest BCUT2D eigenvalue weighted by atomic mass is 9.83. The smallest absolute Gasteiger partial charge is 0.235 e. The van der Waals surface area contributed by atoms with Gasteiger partial charge in [0.1, 0.15) is 5.54 Å². The highest BCUT2D eigenvalue weighted by Crippen LogP contribution is 2.32. The molecule has 1 atom stereocenters. The molecular weight excluding hydrogens is 286 g/mol. The molecule has 0 radical (unpaired) electrons. The van der Waals surface area contributed by atoms with Crippen LogP contribution in [-0.2, 0) is 4.79 Å². The molecule has 4 heteroatoms. The van der Waals surface area contributed by atoms with Gasteiger partial charge in [-0.1, -0.05) is 49.6 Å². The summed E-state index contributed by atoms with van der Waals surface area (Å²) in [6.07, 6.45) is 7.03. The lowest BCUT2D eigenvalue weighted by Gasteiger charge is -2.33. The first-order valence-electron chi connectivity index (χ1n) is 8.74. The maximum Gasteiger partial charge on any atom is 0.235 e. The number of carbonyl (C=O) groups excluding carboxylic acids is 1. The number of benzene rings is 1. The molecule has 1 aromatic rings. The summed E-state index contributed by atoms with van der Waals surface area (Å²) in [5.74, 6) is -0.00344. The number of likely N-dealkylation sites (tertiary alicyclic amines) is 1. The number of carbonyl (C=O) groups is 1. The van der Waals surface area contributed by atoms with Gasteiger partial charge >= 0.3 is 0 Å². The Hall–Kier alpha value is -1.86. The molecule has 1 unspecified atom stereocenters. The Morgan fingerprint density at radius 2 is 1.96 bits per heavy atom. The van der Waals surface area contributed by atoms with E-state index >= 15 is 0 Å². The van der Waals surface area contributed by atoms with Gasteiger partial charge in [0.15, 0.2) is 0 Å². The van der Waals surface area contributed by atoms with Crippen LogP contribution < -0.4 is 5.32 Å². The second-order valence-electron chi connectivity index (χ2n) is 6.84. The average Bonchev–Trinajstić information content (AvgIpc) is 3.04. The zero-order chi connectivity index (χ0) is 16.1. The summed E-state index contributed by atoms with van der Waals surface area (Å²) < 4.78 is 0. The molecule has 1 aliphatic heterocycles. The highest BCUT2D eigenvalue weighted by molar-refractivity contribution is 5.79. The van der Waals surface area contributed by atoms with Crippen molar-refractivity contribution in [2.24, 2.45) is 0 Å². The Bertz CT molecular complexity index is 572. The highest BCUT2D eigenvalue weighted by Gasteiger charge is 2.35. The van der Waals surface area contributed by atoms with Gasteiger partial charge < -0.3 is 5.32 Å². The summed E-state index contributed by atoms with van der Waals surface area (Å²) in [7, 11) is 0. The van der Waals surface area contributed by atoms with Gasteiger partial charge in [-0.25, -0.2) is 0 Å². The molecule has 1 N–H and O–H groups in total. The fourth-order valence-corrected chi connectivity index (χ4v) is 3.98. The second-order valence-corrected chi connectivity index (χ2v) is 6.84. The van der Waals surface area contributed by atoms with E-state index in [1.165, 1.54) is 12.0 Å². The predicted octanol–water partition coefficient (Wildman–Crippen LogP) is 3.17. The minimum Gasteiger partial charge on any atom is -0.337 e. The Kier molecular flexibility index (Phi) is 4.97. The first-order chi connectivity index (χ1) is 11.2. The van der Waals surface area contributed by atoms with Crippen molar-refractivity contribution in [1.82, 2.24) is 10.2 Å². The molecule has 1 amide bonds. The van der Waals surface area contributed by atoms with Crippen LogP contribution in [0.25, 0.3) is 0 Å². The molecule has 1 aliphatic carbocycles. The third kappa shape index (κ3) is 3.73. The molecule has 1 saturated carbocycles. The van der Waals surface area contributed by atoms with Gasteiger partial charge in [0.2, 0.25) is 5.91 Å². The lowest BCUT2D eigenvalue weighted by molar-refractivity contribution is -0.124. The normalized spacial score (nSPS) is 24.0. The van der Waals surface area contributed by atoms with Crippen molar-refractivity contribution in [3.63, 3.8) is 0 Å². The fourth-order valence-electron chi connectivity index (χ4n) is 3.98. The van der Waals surface area contributed by atoms with E-state index in [0.717, 1.165) is 45.1 Å². The molecule has 3 rings (SSSR count). The van der Waals surface area contributed by atoms with Crippen LogP contribution in [0.5, 0.6) is 0 Å². The summed E-state index contributed by atoms with van der Waals surface area (Å²) in [5.41, 5.74) is 0.655. The summed E-state index contributed by atoms with van der Waals surface area (Å²) >= 11 is 0. The van der Waals surface area contributed by atoms with E-state index in [9.17, 15) is 10.1 Å². The van der Waals surface area contributed by atoms with Crippen molar-refractivity contribution in [1.29, 1.82) is 5.26 Å². The molecule has 0 aromatic heterocycles. The summed E-state index contributed by atoms with van der Waals surface area (Å²) in [4.78, 5) is 14.8. The minimum absolute atomic E-state index is 0.00344. The number of nitrogens with one attached hydrogen (secondary N) is 1. The summed E-state index contributed by atoms with van der Waals surface area (Å²) in [6.45, 7) is 1.34. The van der Waals surface area contributed by atoms with Crippen LogP contribution >= 0.6 is 0 Å². The van der Waals surface area contributed by atoms with Crippen molar-refractivity contribution < 1.29 is 4.79 Å². The molecule has 1 heterocycles. The third-order valence-corrected chi connectivity index (χ3v) is 5.19. The van der Waals surface area contributed by atoms with Crippen molar-refractivity contribution in [2.45, 2.75) is 56.5 Å². The lowest BCUT2D eigenvalue weighted by Crippen LogP contribution is -2.51. The number of rotatable bonds is 4. The largest absolute Gasteiger partial charge is 0.337 e. The van der Waals surface area contributed by atoms with Crippen LogP contribution in [0.3, 0.4) is 0 Å². The minimum atomic E-state index is -0.628. The average molecular weight is 311 g/mol. The van der Waals surface area contributed by atoms with Crippen LogP contribution in [0.2, 0.25) is 0 Å². The van der Waals surface area contributed by atoms with Crippen LogP contribution in [0.4, 0.5) is 0 Å². The fraction of sp³-hybridized carbons (Fsp3) is 0.579. The van der Waals surface area contributed by atoms with Gasteiger partial charge in [-0.05, 0) is 37.8 Å². The van der Waals surface area contributed by atoms with Crippen LogP contribution in [0.15, 0.2) is 30.3 Å². The number of hydrogen-bond acceptors (Lipinski definition) is 3. The van der Waals surface area contributed by atoms with Gasteiger partial charge in [0.25, 0.3) is 0 Å². The first kappa shape index (κ1) is 16.0. The Morgan fingerprint density at radius 1 is 1.22 bits per heavy atom. The Labute approximate surface area is 138 Å². The van der Waals surface area contributed by atoms with E-state index in [2.05, 4.69) is 40.6 Å². The molecule has 0 bridgehead atoms. The van der Waals surface area contributed by atoms with Crippen LogP contribution in [0, 0.1) is 11.3 Å². The van der Waals surface area contributed by atoms with Crippen LogP contribution in [-0.4, -0.2) is 29.4 Å². The SMILES string of the molecule is N#CC1(NC(=O)CN2CCCC2c2ccccc2)CCCCC1. The van der Waals surface area contributed by atoms with Gasteiger partial charge in [-0.3, -0.25) is 9.69 Å². The van der Waals surface area contributed by atoms with Crippen molar-refractivity contribution in [3.8, 4) is 6.07 Å². The standard InChI is InChI=1S/C19H25N3O/c20-15-19(11-5-2-6-12-19)21-18(23)14-22-13-7-10-17(22)16-8-3-1-4-9-16/h1,3-4,8-9,17H,2,5-7,10-14H2,(H,21,23). The maximum absolute atomic E-state index is 12.5. The van der Waals surface area contributed by atoms with Gasteiger partial charge in [-0.2, -0.15) is 5.26 Å². The molecule has 1 aromatic carbocycles. The first-order valence-corrected chi connectivity index (χ1v) is 8.74. The van der Waals surface area contributed by atoms with E-state index in [1.54, 1.807) is 0 Å². The number of hydrogen-bond donors (Lipinski definition) is 1. The topological polar surface area (TPSA) is 56.1 Å². The molecule has 23 heavy (non-hydrogen) atoms. The molecule has 2 aliphatic rings. The van der Waals surface area contributed by atoms with E-state index in [4.69, 9.17) is 0 Å². The molecule has 2 fully saturated rings. The van der Waals surface area contributed by atoms with E-state index in [-0.39, 0.29) is 5.91 Å². The summed E-state index contributed by atoms with van der Waals surface area (Å²) in [6, 6.07) is 13.1. The van der Waals surface area contributed by atoms with E-state index in [1.807, 2.05) is 6.07 Å². The zero-order valence-corrected chi connectivity index (χ0v) is 13.6. The molecule has 122 valence electrons. The second kappa shape index (κ2) is 7.14. The summed E-state index contributed by atoms with van der Waals surface area (Å²) in [5, 5.41) is 12.5. The van der Waals surface area contributed by atoms with Crippen molar-refractivity contribution in [2.75, 3.05) is 13.1 Å². The van der Waals surface area contributed by atoms with Gasteiger partial charge in [0.05, 0.1) is 12.6 Å². The zero-order valence-electron chi connectivity index (χ0n) is 13.6. The maximum atomic E-state index is 12.5. The predicted molar refractivity (Wildman–Crippen MR) is 89.6 cm³/mol. The number of nitrogens with zero attached hydrogens (tertiary/aromatic N) is 2. The Morgan fingerprint density at radius 3 is 2.65 bits per heavy atom. The van der Waals surface area contributed by atoms with E-state index in [0.29, 0.717) is 12.6 Å². The van der Waals surface area contributed by atoms with E-state index < -0.39 is 5.54 Å². The quantitative estimate of drug-likeness (QED) is 0.929. The third-order valence-electron chi connectivity index (χ3n) is 5.19. The van der Waals surface area contributed by atoms with Crippen molar-refractivity contribution >= 4 is 5.91 Å². The molecule has 0 spiro atoms. The monoisotopic (exact) mass is 311 g/mol. The van der Waals surface area contributed by atoms with Gasteiger partial charge in [-0.15, -0.1) is 0 Å². The van der Waals surface area contributed by atoms with Gasteiger partial charge in [0, 0.05) is 6.04 Å². The number of amides is 1. The number of nitriles is 1. The Balaban J connectivity index is 1.62. The van der Waals surface area contributed by atoms with Crippen molar-refractivity contribution in [3.05, 3.63) is 35.9 Å².